The monoisotopic (exact) mass is 482 g/mol. The fourth-order valence-electron chi connectivity index (χ4n) is 4.85. The summed E-state index contributed by atoms with van der Waals surface area (Å²) >= 11 is 0. The zero-order valence-corrected chi connectivity index (χ0v) is 19.2. The van der Waals surface area contributed by atoms with Gasteiger partial charge in [0.1, 0.15) is 18.5 Å². The summed E-state index contributed by atoms with van der Waals surface area (Å²) in [6.07, 6.45) is 5.08. The average molecular weight is 483 g/mol. The minimum Gasteiger partial charge on any atom is -0.489 e. The number of epoxide rings is 1. The average Bonchev–Trinajstić information content (AvgIpc) is 3.72. The van der Waals surface area contributed by atoms with E-state index >= 15 is 0 Å². The van der Waals surface area contributed by atoms with Crippen LogP contribution in [0.1, 0.15) is 54.4 Å². The fourth-order valence-corrected chi connectivity index (χ4v) is 4.85. The Balaban J connectivity index is 1.27. The van der Waals surface area contributed by atoms with Crippen LogP contribution >= 0.6 is 0 Å². The number of benzene rings is 3. The predicted octanol–water partition coefficient (Wildman–Crippen LogP) is 8.02. The lowest BCUT2D eigenvalue weighted by molar-refractivity contribution is 0.296. The van der Waals surface area contributed by atoms with E-state index < -0.39 is 23.3 Å². The SMILES string of the molecule is C=CC1CCC(c2ccc(-c3ccc(OCc4ccc(C5CO5)c(F)c4F)cc3)c(F)c2F)CC1. The molecular weight excluding hydrogens is 456 g/mol. The minimum atomic E-state index is -0.953. The summed E-state index contributed by atoms with van der Waals surface area (Å²) in [4.78, 5) is 0. The van der Waals surface area contributed by atoms with Crippen molar-refractivity contribution < 1.29 is 27.0 Å². The van der Waals surface area contributed by atoms with Gasteiger partial charge in [0, 0.05) is 16.7 Å². The van der Waals surface area contributed by atoms with Gasteiger partial charge in [0.2, 0.25) is 0 Å². The van der Waals surface area contributed by atoms with Crippen LogP contribution in [0.4, 0.5) is 17.6 Å². The summed E-state index contributed by atoms with van der Waals surface area (Å²) in [7, 11) is 0. The molecule has 1 aliphatic carbocycles. The van der Waals surface area contributed by atoms with Gasteiger partial charge in [-0.3, -0.25) is 0 Å². The molecule has 1 saturated heterocycles. The summed E-state index contributed by atoms with van der Waals surface area (Å²) in [5.74, 6) is -2.65. The summed E-state index contributed by atoms with van der Waals surface area (Å²) in [5.41, 5.74) is 1.40. The van der Waals surface area contributed by atoms with Crippen molar-refractivity contribution in [1.29, 1.82) is 0 Å². The molecule has 3 aromatic rings. The van der Waals surface area contributed by atoms with Gasteiger partial charge in [-0.05, 0) is 60.8 Å². The Morgan fingerprint density at radius 3 is 2.11 bits per heavy atom. The van der Waals surface area contributed by atoms with E-state index in [9.17, 15) is 17.6 Å². The first-order valence-electron chi connectivity index (χ1n) is 11.9. The fraction of sp³-hybridized carbons (Fsp3) is 0.310. The molecule has 1 heterocycles. The number of rotatable bonds is 7. The largest absolute Gasteiger partial charge is 0.489 e. The molecule has 0 radical (unpaired) electrons. The van der Waals surface area contributed by atoms with Crippen molar-refractivity contribution in [3.63, 3.8) is 0 Å². The highest BCUT2D eigenvalue weighted by Gasteiger charge is 2.30. The number of allylic oxidation sites excluding steroid dienone is 1. The molecular formula is C29H26F4O2. The van der Waals surface area contributed by atoms with E-state index in [0.717, 1.165) is 25.7 Å². The topological polar surface area (TPSA) is 21.8 Å². The first-order valence-corrected chi connectivity index (χ1v) is 11.9. The van der Waals surface area contributed by atoms with Gasteiger partial charge in [0.05, 0.1) is 6.61 Å². The lowest BCUT2D eigenvalue weighted by atomic mass is 9.78. The summed E-state index contributed by atoms with van der Waals surface area (Å²) < 4.78 is 69.1. The van der Waals surface area contributed by atoms with Crippen LogP contribution in [-0.4, -0.2) is 6.61 Å². The molecule has 0 amide bonds. The third-order valence-electron chi connectivity index (χ3n) is 7.09. The molecule has 0 N–H and O–H groups in total. The maximum absolute atomic E-state index is 15.0. The second kappa shape index (κ2) is 9.86. The van der Waals surface area contributed by atoms with Gasteiger partial charge in [-0.15, -0.1) is 6.58 Å². The van der Waals surface area contributed by atoms with Crippen molar-refractivity contribution in [2.24, 2.45) is 5.92 Å². The molecule has 1 saturated carbocycles. The molecule has 2 fully saturated rings. The zero-order chi connectivity index (χ0) is 24.5. The molecule has 2 aliphatic rings. The molecule has 1 aliphatic heterocycles. The summed E-state index contributed by atoms with van der Waals surface area (Å²) in [5, 5.41) is 0. The molecule has 182 valence electrons. The Morgan fingerprint density at radius 2 is 1.46 bits per heavy atom. The van der Waals surface area contributed by atoms with E-state index in [1.807, 2.05) is 6.08 Å². The van der Waals surface area contributed by atoms with E-state index in [4.69, 9.17) is 9.47 Å². The molecule has 2 nitrogen and oxygen atoms in total. The Hall–Kier alpha value is -3.12. The van der Waals surface area contributed by atoms with E-state index in [-0.39, 0.29) is 35.3 Å². The third-order valence-corrected chi connectivity index (χ3v) is 7.09. The van der Waals surface area contributed by atoms with Gasteiger partial charge in [-0.1, -0.05) is 42.5 Å². The zero-order valence-electron chi connectivity index (χ0n) is 19.2. The first kappa shape index (κ1) is 23.6. The van der Waals surface area contributed by atoms with Crippen LogP contribution in [0.15, 0.2) is 61.2 Å². The lowest BCUT2D eigenvalue weighted by Crippen LogP contribution is -2.13. The van der Waals surface area contributed by atoms with Crippen LogP contribution < -0.4 is 4.74 Å². The predicted molar refractivity (Wildman–Crippen MR) is 126 cm³/mol. The first-order chi connectivity index (χ1) is 17.0. The van der Waals surface area contributed by atoms with Gasteiger partial charge in [0.25, 0.3) is 0 Å². The number of hydrogen-bond acceptors (Lipinski definition) is 2. The molecule has 0 spiro atoms. The smallest absolute Gasteiger partial charge is 0.166 e. The van der Waals surface area contributed by atoms with Crippen molar-refractivity contribution in [2.75, 3.05) is 6.61 Å². The second-order valence-corrected chi connectivity index (χ2v) is 9.25. The second-order valence-electron chi connectivity index (χ2n) is 9.25. The van der Waals surface area contributed by atoms with E-state index in [1.54, 1.807) is 36.4 Å². The van der Waals surface area contributed by atoms with Gasteiger partial charge in [-0.2, -0.15) is 0 Å². The Kier molecular flexibility index (Phi) is 6.65. The summed E-state index contributed by atoms with van der Waals surface area (Å²) in [6, 6.07) is 12.7. The van der Waals surface area contributed by atoms with Crippen LogP contribution in [0.25, 0.3) is 11.1 Å². The van der Waals surface area contributed by atoms with Crippen LogP contribution in [0.2, 0.25) is 0 Å². The standard InChI is InChI=1S/C29H26F4O2/c1-2-17-3-5-18(6-4-17)22-13-14-23(28(32)27(22)31)19-7-10-21(11-8-19)34-15-20-9-12-24(25-16-35-25)29(33)26(20)30/h2,7-14,17-18,25H,1,3-6,15-16H2. The molecule has 0 aromatic heterocycles. The van der Waals surface area contributed by atoms with Crippen molar-refractivity contribution in [2.45, 2.75) is 44.3 Å². The Bertz CT molecular complexity index is 1230. The molecule has 0 bridgehead atoms. The van der Waals surface area contributed by atoms with Crippen molar-refractivity contribution in [1.82, 2.24) is 0 Å². The van der Waals surface area contributed by atoms with E-state index in [2.05, 4.69) is 6.58 Å². The molecule has 1 atom stereocenters. The maximum atomic E-state index is 15.0. The van der Waals surface area contributed by atoms with Crippen LogP contribution in [0.5, 0.6) is 5.75 Å². The van der Waals surface area contributed by atoms with Crippen molar-refractivity contribution >= 4 is 0 Å². The van der Waals surface area contributed by atoms with Gasteiger partial charge < -0.3 is 9.47 Å². The Labute approximate surface area is 202 Å². The minimum absolute atomic E-state index is 0.0154. The van der Waals surface area contributed by atoms with Gasteiger partial charge >= 0.3 is 0 Å². The summed E-state index contributed by atoms with van der Waals surface area (Å²) in [6.45, 7) is 4.06. The number of halogens is 4. The molecule has 6 heteroatoms. The van der Waals surface area contributed by atoms with Crippen LogP contribution in [-0.2, 0) is 11.3 Å². The highest BCUT2D eigenvalue weighted by molar-refractivity contribution is 5.65. The van der Waals surface area contributed by atoms with E-state index in [0.29, 0.717) is 29.4 Å². The Morgan fingerprint density at radius 1 is 0.800 bits per heavy atom. The van der Waals surface area contributed by atoms with Gasteiger partial charge in [0.15, 0.2) is 23.3 Å². The molecule has 1 unspecified atom stereocenters. The number of hydrogen-bond donors (Lipinski definition) is 0. The van der Waals surface area contributed by atoms with Gasteiger partial charge in [-0.25, -0.2) is 17.6 Å². The van der Waals surface area contributed by atoms with Crippen LogP contribution in [0.3, 0.4) is 0 Å². The molecule has 5 rings (SSSR count). The van der Waals surface area contributed by atoms with Crippen molar-refractivity contribution in [3.05, 3.63) is 101 Å². The lowest BCUT2D eigenvalue weighted by Gasteiger charge is -2.27. The molecule has 35 heavy (non-hydrogen) atoms. The highest BCUT2D eigenvalue weighted by atomic mass is 19.2. The normalized spacial score (nSPS) is 21.5. The molecule has 3 aromatic carbocycles. The quantitative estimate of drug-likeness (QED) is 0.193. The van der Waals surface area contributed by atoms with Crippen molar-refractivity contribution in [3.8, 4) is 16.9 Å². The third kappa shape index (κ3) is 4.85. The highest BCUT2D eigenvalue weighted by Crippen LogP contribution is 2.39. The maximum Gasteiger partial charge on any atom is 0.166 e. The van der Waals surface area contributed by atoms with Crippen LogP contribution in [0, 0.1) is 29.2 Å². The number of ether oxygens (including phenoxy) is 2. The van der Waals surface area contributed by atoms with E-state index in [1.165, 1.54) is 12.1 Å².